The average molecular weight is 291 g/mol. The molecule has 3 amide bonds. The molecule has 0 bridgehead atoms. The first-order valence-corrected chi connectivity index (χ1v) is 5.83. The number of urea groups is 1. The predicted molar refractivity (Wildman–Crippen MR) is 71.5 cm³/mol. The second kappa shape index (κ2) is 7.62. The number of carbonyl (C=O) groups excluding carboxylic acids is 2. The first-order chi connectivity index (χ1) is 9.92. The highest BCUT2D eigenvalue weighted by molar-refractivity contribution is 6.02. The van der Waals surface area contributed by atoms with E-state index in [2.05, 4.69) is 10.1 Å². The van der Waals surface area contributed by atoms with Gasteiger partial charge in [-0.25, -0.2) is 9.59 Å². The molecule has 110 valence electrons. The number of anilines is 1. The van der Waals surface area contributed by atoms with Gasteiger partial charge in [0, 0.05) is 5.69 Å². The Morgan fingerprint density at radius 1 is 1.33 bits per heavy atom. The van der Waals surface area contributed by atoms with Crippen molar-refractivity contribution < 1.29 is 24.2 Å². The lowest BCUT2D eigenvalue weighted by molar-refractivity contribution is -0.143. The lowest BCUT2D eigenvalue weighted by Gasteiger charge is -2.09. The van der Waals surface area contributed by atoms with Crippen LogP contribution in [0.4, 0.5) is 10.5 Å². The van der Waals surface area contributed by atoms with Crippen LogP contribution in [0.2, 0.25) is 0 Å². The largest absolute Gasteiger partial charge is 0.480 e. The molecule has 0 radical (unpaired) electrons. The van der Waals surface area contributed by atoms with E-state index in [1.54, 1.807) is 19.1 Å². The second-order valence-corrected chi connectivity index (χ2v) is 4.03. The fourth-order valence-corrected chi connectivity index (χ4v) is 1.37. The number of benzene rings is 1. The fourth-order valence-electron chi connectivity index (χ4n) is 1.37. The molecule has 0 aliphatic heterocycles. The standard InChI is InChI=1S/C13H13N3O5/c1-8-2-3-9(5-14)4-10(8)15-13(20)16-11(17)6-21-7-12(18)19/h2-4H,6-7H2,1H3,(H,18,19)(H2,15,16,17,20). The molecule has 8 heteroatoms. The SMILES string of the molecule is Cc1ccc(C#N)cc1NC(=O)NC(=O)COCC(=O)O. The molecule has 8 nitrogen and oxygen atoms in total. The number of nitrogens with one attached hydrogen (secondary N) is 2. The first-order valence-electron chi connectivity index (χ1n) is 5.83. The Balaban J connectivity index is 2.52. The van der Waals surface area contributed by atoms with E-state index in [-0.39, 0.29) is 0 Å². The van der Waals surface area contributed by atoms with Crippen molar-refractivity contribution in [1.82, 2.24) is 5.32 Å². The van der Waals surface area contributed by atoms with E-state index < -0.39 is 31.1 Å². The van der Waals surface area contributed by atoms with Gasteiger partial charge in [0.15, 0.2) is 0 Å². The number of imide groups is 1. The normalized spacial score (nSPS) is 9.52. The van der Waals surface area contributed by atoms with Crippen molar-refractivity contribution >= 4 is 23.6 Å². The summed E-state index contributed by atoms with van der Waals surface area (Å²) >= 11 is 0. The minimum absolute atomic E-state index is 0.368. The number of carbonyl (C=O) groups is 3. The summed E-state index contributed by atoms with van der Waals surface area (Å²) in [6.07, 6.45) is 0. The van der Waals surface area contributed by atoms with Crippen molar-refractivity contribution in [2.24, 2.45) is 0 Å². The van der Waals surface area contributed by atoms with Gasteiger partial charge in [-0.05, 0) is 24.6 Å². The van der Waals surface area contributed by atoms with Crippen LogP contribution in [-0.4, -0.2) is 36.2 Å². The minimum Gasteiger partial charge on any atom is -0.480 e. The van der Waals surface area contributed by atoms with Gasteiger partial charge >= 0.3 is 12.0 Å². The van der Waals surface area contributed by atoms with E-state index in [0.717, 1.165) is 5.56 Å². The average Bonchev–Trinajstić information content (AvgIpc) is 2.40. The molecule has 0 saturated heterocycles. The van der Waals surface area contributed by atoms with Gasteiger partial charge in [0.25, 0.3) is 5.91 Å². The monoisotopic (exact) mass is 291 g/mol. The molecule has 1 aromatic carbocycles. The Morgan fingerprint density at radius 3 is 2.67 bits per heavy atom. The first kappa shape index (κ1) is 16.1. The molecular formula is C13H13N3O5. The van der Waals surface area contributed by atoms with Crippen molar-refractivity contribution in [2.75, 3.05) is 18.5 Å². The van der Waals surface area contributed by atoms with Crippen LogP contribution in [0.25, 0.3) is 0 Å². The third kappa shape index (κ3) is 5.71. The number of nitrogens with zero attached hydrogens (tertiary/aromatic N) is 1. The van der Waals surface area contributed by atoms with Gasteiger partial charge in [0.1, 0.15) is 13.2 Å². The van der Waals surface area contributed by atoms with Gasteiger partial charge in [-0.1, -0.05) is 6.07 Å². The Morgan fingerprint density at radius 2 is 2.05 bits per heavy atom. The number of aryl methyl sites for hydroxylation is 1. The van der Waals surface area contributed by atoms with E-state index in [1.807, 2.05) is 11.4 Å². The Hall–Kier alpha value is -2.92. The van der Waals surface area contributed by atoms with E-state index >= 15 is 0 Å². The zero-order chi connectivity index (χ0) is 15.8. The van der Waals surface area contributed by atoms with Crippen molar-refractivity contribution in [1.29, 1.82) is 5.26 Å². The highest BCUT2D eigenvalue weighted by atomic mass is 16.5. The molecular weight excluding hydrogens is 278 g/mol. The smallest absolute Gasteiger partial charge is 0.329 e. The van der Waals surface area contributed by atoms with Crippen molar-refractivity contribution in [2.45, 2.75) is 6.92 Å². The third-order valence-corrected chi connectivity index (χ3v) is 2.33. The molecule has 0 heterocycles. The third-order valence-electron chi connectivity index (χ3n) is 2.33. The van der Waals surface area contributed by atoms with Gasteiger partial charge in [-0.2, -0.15) is 5.26 Å². The molecule has 1 aromatic rings. The number of ether oxygens (including phenoxy) is 1. The molecule has 0 unspecified atom stereocenters. The summed E-state index contributed by atoms with van der Waals surface area (Å²) in [6.45, 7) is 0.559. The highest BCUT2D eigenvalue weighted by Crippen LogP contribution is 2.16. The van der Waals surface area contributed by atoms with Crippen LogP contribution in [0.15, 0.2) is 18.2 Å². The summed E-state index contributed by atoms with van der Waals surface area (Å²) in [4.78, 5) is 33.0. The molecule has 0 atom stereocenters. The maximum atomic E-state index is 11.6. The zero-order valence-corrected chi connectivity index (χ0v) is 11.2. The lowest BCUT2D eigenvalue weighted by atomic mass is 10.1. The van der Waals surface area contributed by atoms with Gasteiger partial charge in [0.2, 0.25) is 0 Å². The lowest BCUT2D eigenvalue weighted by Crippen LogP contribution is -2.37. The summed E-state index contributed by atoms with van der Waals surface area (Å²) in [5.41, 5.74) is 1.48. The Labute approximate surface area is 120 Å². The number of carboxylic acids is 1. The number of carboxylic acid groups (broad SMARTS) is 1. The van der Waals surface area contributed by atoms with Crippen molar-refractivity contribution in [3.63, 3.8) is 0 Å². The summed E-state index contributed by atoms with van der Waals surface area (Å²) in [5.74, 6) is -1.99. The van der Waals surface area contributed by atoms with Gasteiger partial charge in [0.05, 0.1) is 11.6 Å². The molecule has 0 saturated carbocycles. The molecule has 0 fully saturated rings. The maximum Gasteiger partial charge on any atom is 0.329 e. The Kier molecular flexibility index (Phi) is 5.85. The molecule has 1 rings (SSSR count). The number of rotatable bonds is 5. The van der Waals surface area contributed by atoms with E-state index in [9.17, 15) is 14.4 Å². The number of hydrogen-bond donors (Lipinski definition) is 3. The van der Waals surface area contributed by atoms with Crippen LogP contribution < -0.4 is 10.6 Å². The molecule has 0 spiro atoms. The topological polar surface area (TPSA) is 129 Å². The van der Waals surface area contributed by atoms with Gasteiger partial charge < -0.3 is 15.2 Å². The molecule has 0 aliphatic rings. The Bertz CT molecular complexity index is 606. The number of nitriles is 1. The second-order valence-electron chi connectivity index (χ2n) is 4.03. The van der Waals surface area contributed by atoms with Crippen LogP contribution in [0, 0.1) is 18.3 Å². The summed E-state index contributed by atoms with van der Waals surface area (Å²) in [6, 6.07) is 5.87. The van der Waals surface area contributed by atoms with Crippen molar-refractivity contribution in [3.05, 3.63) is 29.3 Å². The molecule has 0 aromatic heterocycles. The summed E-state index contributed by atoms with van der Waals surface area (Å²) < 4.78 is 4.53. The van der Waals surface area contributed by atoms with E-state index in [1.165, 1.54) is 6.07 Å². The highest BCUT2D eigenvalue weighted by Gasteiger charge is 2.10. The summed E-state index contributed by atoms with van der Waals surface area (Å²) in [7, 11) is 0. The minimum atomic E-state index is -1.21. The van der Waals surface area contributed by atoms with E-state index in [0.29, 0.717) is 11.3 Å². The number of hydrogen-bond acceptors (Lipinski definition) is 5. The number of amides is 3. The molecule has 21 heavy (non-hydrogen) atoms. The molecule has 3 N–H and O–H groups in total. The number of aliphatic carboxylic acids is 1. The summed E-state index contributed by atoms with van der Waals surface area (Å²) in [5, 5.41) is 21.5. The van der Waals surface area contributed by atoms with Gasteiger partial charge in [-0.15, -0.1) is 0 Å². The fraction of sp³-hybridized carbons (Fsp3) is 0.231. The predicted octanol–water partition coefficient (Wildman–Crippen LogP) is 0.616. The van der Waals surface area contributed by atoms with E-state index in [4.69, 9.17) is 10.4 Å². The molecule has 0 aliphatic carbocycles. The van der Waals surface area contributed by atoms with Crippen LogP contribution >= 0.6 is 0 Å². The van der Waals surface area contributed by atoms with Crippen LogP contribution in [-0.2, 0) is 14.3 Å². The van der Waals surface area contributed by atoms with Crippen LogP contribution in [0.3, 0.4) is 0 Å². The van der Waals surface area contributed by atoms with Gasteiger partial charge in [-0.3, -0.25) is 10.1 Å². The van der Waals surface area contributed by atoms with Crippen LogP contribution in [0.1, 0.15) is 11.1 Å². The maximum absolute atomic E-state index is 11.6. The zero-order valence-electron chi connectivity index (χ0n) is 11.2. The van der Waals surface area contributed by atoms with Crippen molar-refractivity contribution in [3.8, 4) is 6.07 Å². The van der Waals surface area contributed by atoms with Crippen LogP contribution in [0.5, 0.6) is 0 Å². The quantitative estimate of drug-likeness (QED) is 0.729.